The third-order valence-electron chi connectivity index (χ3n) is 11.9. The lowest BCUT2D eigenvalue weighted by Gasteiger charge is -2.18. The first kappa shape index (κ1) is 30.3. The summed E-state index contributed by atoms with van der Waals surface area (Å²) >= 11 is 0. The Morgan fingerprint density at radius 3 is 1.40 bits per heavy atom. The summed E-state index contributed by atoms with van der Waals surface area (Å²) in [5.41, 5.74) is 8.66. The van der Waals surface area contributed by atoms with Crippen LogP contribution in [-0.4, -0.2) is 4.57 Å². The van der Waals surface area contributed by atoms with Gasteiger partial charge in [-0.1, -0.05) is 164 Å². The van der Waals surface area contributed by atoms with Crippen LogP contribution in [0.4, 0.5) is 0 Å². The predicted octanol–water partition coefficient (Wildman–Crippen LogP) is 15.0. The number of para-hydroxylation sites is 1. The molecule has 0 radical (unpaired) electrons. The first-order chi connectivity index (χ1) is 27.3. The van der Waals surface area contributed by atoms with Crippen LogP contribution in [0.2, 0.25) is 0 Å². The molecule has 1 nitrogen and oxygen atoms in total. The molecule has 0 N–H and O–H groups in total. The van der Waals surface area contributed by atoms with Gasteiger partial charge >= 0.3 is 0 Å². The van der Waals surface area contributed by atoms with Crippen LogP contribution in [-0.2, 0) is 0 Å². The lowest BCUT2D eigenvalue weighted by molar-refractivity contribution is 1.18. The molecule has 12 rings (SSSR count). The molecular weight excluding hydrogens is 663 g/mol. The summed E-state index contributed by atoms with van der Waals surface area (Å²) in [5.74, 6) is 0. The molecule has 0 aliphatic rings. The fourth-order valence-corrected chi connectivity index (χ4v) is 9.60. The Hall–Kier alpha value is -7.22. The van der Waals surface area contributed by atoms with Crippen molar-refractivity contribution in [1.29, 1.82) is 0 Å². The number of aromatic nitrogens is 1. The van der Waals surface area contributed by atoms with Gasteiger partial charge in [0.2, 0.25) is 0 Å². The van der Waals surface area contributed by atoms with Crippen molar-refractivity contribution in [3.63, 3.8) is 0 Å². The number of rotatable bonds is 3. The number of nitrogens with zero attached hydrogens (tertiary/aromatic N) is 1. The van der Waals surface area contributed by atoms with E-state index in [1.807, 2.05) is 0 Å². The fraction of sp³-hybridized carbons (Fsp3) is 0. The highest BCUT2D eigenvalue weighted by Crippen LogP contribution is 2.47. The van der Waals surface area contributed by atoms with E-state index in [1.54, 1.807) is 0 Å². The summed E-state index contributed by atoms with van der Waals surface area (Å²) in [4.78, 5) is 0. The van der Waals surface area contributed by atoms with Gasteiger partial charge in [0.05, 0.1) is 11.0 Å². The van der Waals surface area contributed by atoms with Gasteiger partial charge in [0, 0.05) is 16.5 Å². The molecule has 254 valence electrons. The molecule has 1 aromatic heterocycles. The summed E-state index contributed by atoms with van der Waals surface area (Å²) in [6.45, 7) is 0. The van der Waals surface area contributed by atoms with Crippen molar-refractivity contribution in [2.75, 3.05) is 0 Å². The topological polar surface area (TPSA) is 4.93 Å². The molecule has 0 aliphatic carbocycles. The molecule has 0 aliphatic heterocycles. The average molecular weight is 696 g/mol. The minimum atomic E-state index is 1.17. The third-order valence-corrected chi connectivity index (χ3v) is 11.9. The summed E-state index contributed by atoms with van der Waals surface area (Å²) < 4.78 is 2.46. The molecule has 1 heterocycles. The number of hydrogen-bond donors (Lipinski definition) is 0. The maximum atomic E-state index is 2.47. The highest BCUT2D eigenvalue weighted by molar-refractivity contribution is 6.31. The van der Waals surface area contributed by atoms with Gasteiger partial charge in [-0.2, -0.15) is 0 Å². The van der Waals surface area contributed by atoms with Gasteiger partial charge in [0.15, 0.2) is 0 Å². The lowest BCUT2D eigenvalue weighted by atomic mass is 9.85. The summed E-state index contributed by atoms with van der Waals surface area (Å²) in [5, 5.41) is 17.9. The molecule has 55 heavy (non-hydrogen) atoms. The fourth-order valence-electron chi connectivity index (χ4n) is 9.60. The first-order valence-electron chi connectivity index (χ1n) is 19.1. The molecule has 0 spiro atoms. The minimum Gasteiger partial charge on any atom is -0.309 e. The largest absolute Gasteiger partial charge is 0.309 e. The molecule has 0 bridgehead atoms. The minimum absolute atomic E-state index is 1.17. The van der Waals surface area contributed by atoms with Gasteiger partial charge < -0.3 is 4.57 Å². The van der Waals surface area contributed by atoms with Gasteiger partial charge in [0.1, 0.15) is 0 Å². The van der Waals surface area contributed by atoms with Crippen LogP contribution in [0.25, 0.3) is 114 Å². The zero-order chi connectivity index (χ0) is 36.0. The molecule has 0 fully saturated rings. The first-order valence-corrected chi connectivity index (χ1v) is 19.1. The van der Waals surface area contributed by atoms with Crippen LogP contribution in [0.15, 0.2) is 200 Å². The van der Waals surface area contributed by atoms with Crippen molar-refractivity contribution < 1.29 is 0 Å². The highest BCUT2D eigenvalue weighted by Gasteiger charge is 2.20. The van der Waals surface area contributed by atoms with Crippen LogP contribution in [0.3, 0.4) is 0 Å². The normalized spacial score (nSPS) is 12.0. The Bertz CT molecular complexity index is 3460. The number of benzene rings is 11. The standard InChI is InChI=1S/C54H33N/c1-3-16-35(17-4-1)52-42-23-11-13-25-44(42)53(45-26-14-12-24-43(45)52)36-27-29-41-46(31-36)39-21-9-10-22-40(39)47-32-49-51(33-48(41)47)55(37-18-5-2-6-19-37)50-30-28-34-15-7-8-20-38(34)54(49)50/h1-33H. The number of hydrogen-bond acceptors (Lipinski definition) is 0. The van der Waals surface area contributed by atoms with Gasteiger partial charge in [0.25, 0.3) is 0 Å². The zero-order valence-electron chi connectivity index (χ0n) is 30.0. The molecule has 1 heteroatoms. The Labute approximate surface area is 317 Å². The average Bonchev–Trinajstić information content (AvgIpc) is 3.59. The van der Waals surface area contributed by atoms with Crippen molar-refractivity contribution in [3.05, 3.63) is 200 Å². The van der Waals surface area contributed by atoms with E-state index in [4.69, 9.17) is 0 Å². The van der Waals surface area contributed by atoms with Crippen molar-refractivity contribution >= 4 is 86.4 Å². The Kier molecular flexibility index (Phi) is 6.40. The van der Waals surface area contributed by atoms with Crippen molar-refractivity contribution in [2.24, 2.45) is 0 Å². The summed E-state index contributed by atoms with van der Waals surface area (Å²) in [6.07, 6.45) is 0. The molecule has 0 saturated heterocycles. The monoisotopic (exact) mass is 695 g/mol. The van der Waals surface area contributed by atoms with Crippen LogP contribution in [0.5, 0.6) is 0 Å². The Morgan fingerprint density at radius 2 is 0.745 bits per heavy atom. The van der Waals surface area contributed by atoms with Crippen LogP contribution >= 0.6 is 0 Å². The van der Waals surface area contributed by atoms with Gasteiger partial charge in [-0.05, 0) is 123 Å². The molecule has 0 saturated carbocycles. The Morgan fingerprint density at radius 1 is 0.255 bits per heavy atom. The van der Waals surface area contributed by atoms with Crippen molar-refractivity contribution in [1.82, 2.24) is 4.57 Å². The highest BCUT2D eigenvalue weighted by atomic mass is 15.0. The van der Waals surface area contributed by atoms with Crippen LogP contribution < -0.4 is 0 Å². The van der Waals surface area contributed by atoms with Gasteiger partial charge in [-0.25, -0.2) is 0 Å². The smallest absolute Gasteiger partial charge is 0.0547 e. The van der Waals surface area contributed by atoms with Crippen molar-refractivity contribution in [3.8, 4) is 27.9 Å². The maximum absolute atomic E-state index is 2.47. The van der Waals surface area contributed by atoms with E-state index < -0.39 is 0 Å². The quantitative estimate of drug-likeness (QED) is 0.128. The second-order valence-corrected chi connectivity index (χ2v) is 14.8. The Balaban J connectivity index is 1.21. The molecule has 11 aromatic carbocycles. The second kappa shape index (κ2) is 11.6. The molecule has 12 aromatic rings. The molecule has 0 unspecified atom stereocenters. The van der Waals surface area contributed by atoms with E-state index in [2.05, 4.69) is 205 Å². The SMILES string of the molecule is c1ccc(-c2c3ccccc3c(-c3ccc4c(c3)c3ccccc3c3cc5c6c7ccccc7ccc6n(-c6ccccc6)c5cc43)c3ccccc23)cc1. The van der Waals surface area contributed by atoms with E-state index in [1.165, 1.54) is 114 Å². The van der Waals surface area contributed by atoms with Gasteiger partial charge in [-0.3, -0.25) is 0 Å². The lowest BCUT2D eigenvalue weighted by Crippen LogP contribution is -1.93. The molecular formula is C54H33N. The maximum Gasteiger partial charge on any atom is 0.0547 e. The second-order valence-electron chi connectivity index (χ2n) is 14.8. The van der Waals surface area contributed by atoms with Crippen LogP contribution in [0, 0.1) is 0 Å². The summed E-state index contributed by atoms with van der Waals surface area (Å²) in [7, 11) is 0. The van der Waals surface area contributed by atoms with Gasteiger partial charge in [-0.15, -0.1) is 0 Å². The van der Waals surface area contributed by atoms with E-state index in [0.717, 1.165) is 0 Å². The molecule has 0 atom stereocenters. The number of fused-ring (bicyclic) bond motifs is 13. The van der Waals surface area contributed by atoms with E-state index in [9.17, 15) is 0 Å². The van der Waals surface area contributed by atoms with E-state index in [0.29, 0.717) is 0 Å². The molecule has 0 amide bonds. The van der Waals surface area contributed by atoms with E-state index >= 15 is 0 Å². The third kappa shape index (κ3) is 4.35. The zero-order valence-corrected chi connectivity index (χ0v) is 30.0. The predicted molar refractivity (Wildman–Crippen MR) is 237 cm³/mol. The van der Waals surface area contributed by atoms with Crippen molar-refractivity contribution in [2.45, 2.75) is 0 Å². The van der Waals surface area contributed by atoms with Crippen LogP contribution in [0.1, 0.15) is 0 Å². The van der Waals surface area contributed by atoms with E-state index in [-0.39, 0.29) is 0 Å². The summed E-state index contributed by atoms with van der Waals surface area (Å²) in [6, 6.07) is 74.0.